The maximum atomic E-state index is 13.3. The summed E-state index contributed by atoms with van der Waals surface area (Å²) < 4.78 is 47.5. The van der Waals surface area contributed by atoms with Gasteiger partial charge in [0.2, 0.25) is 0 Å². The third-order valence-electron chi connectivity index (χ3n) is 7.64. The maximum absolute atomic E-state index is 13.3. The number of hydrogen-bond donors (Lipinski definition) is 2. The van der Waals surface area contributed by atoms with E-state index in [-0.39, 0.29) is 47.9 Å². The fourth-order valence-corrected chi connectivity index (χ4v) is 6.45. The number of nitrogens with two attached hydrogens (primary N) is 1. The first-order chi connectivity index (χ1) is 19.3. The number of allylic oxidation sites excluding steroid dienone is 1. The Kier molecular flexibility index (Phi) is 9.22. The van der Waals surface area contributed by atoms with Crippen molar-refractivity contribution in [2.24, 2.45) is 16.1 Å². The standard InChI is InChI=1S/C29H36F3N5O2S2/c1-26(2)18-27(3,40-4)19-37(26)24-21(25(38)36-41-20-8-6-5-7-9-20)10-11-23(35-24)34-16-12-22(33)39-17-15-28(13-14-28)29(30,31)32/h5-12,16H,13-15,17-19,33H2,1-4H3,(H,36,38). The summed E-state index contributed by atoms with van der Waals surface area (Å²) >= 11 is 3.03. The smallest absolute Gasteiger partial charge is 0.394 e. The fraction of sp³-hybridized carbons (Fsp3) is 0.483. The SMILES string of the molecule is CSC1(C)CN(c2nc(N=CC=C(N)OCCC3(C(F)(F)F)CC3)ccc2C(=O)NSc2ccccc2)C(C)(C)C1. The normalized spacial score (nSPS) is 21.7. The summed E-state index contributed by atoms with van der Waals surface area (Å²) in [6.07, 6.45) is 1.68. The van der Waals surface area contributed by atoms with Crippen molar-refractivity contribution in [3.63, 3.8) is 0 Å². The van der Waals surface area contributed by atoms with Crippen LogP contribution in [0.25, 0.3) is 0 Å². The molecular weight excluding hydrogens is 571 g/mol. The van der Waals surface area contributed by atoms with E-state index in [9.17, 15) is 18.0 Å². The Morgan fingerprint density at radius 2 is 1.90 bits per heavy atom. The summed E-state index contributed by atoms with van der Waals surface area (Å²) in [7, 11) is 0. The lowest BCUT2D eigenvalue weighted by atomic mass is 9.97. The third kappa shape index (κ3) is 7.51. The van der Waals surface area contributed by atoms with Crippen molar-refractivity contribution >= 4 is 47.5 Å². The molecular formula is C29H36F3N5O2S2. The molecule has 0 bridgehead atoms. The average Bonchev–Trinajstić information content (AvgIpc) is 3.67. The highest BCUT2D eigenvalue weighted by atomic mass is 32.2. The molecule has 3 N–H and O–H groups in total. The number of amides is 1. The van der Waals surface area contributed by atoms with Gasteiger partial charge in [-0.2, -0.15) is 24.9 Å². The second-order valence-electron chi connectivity index (χ2n) is 11.3. The quantitative estimate of drug-likeness (QED) is 0.163. The van der Waals surface area contributed by atoms with Crippen LogP contribution in [0.3, 0.4) is 0 Å². The molecule has 2 aromatic rings. The van der Waals surface area contributed by atoms with Crippen LogP contribution in [0.1, 0.15) is 56.8 Å². The lowest BCUT2D eigenvalue weighted by Crippen LogP contribution is -2.40. The number of halogens is 3. The Labute approximate surface area is 247 Å². The molecule has 7 nitrogen and oxygen atoms in total. The van der Waals surface area contributed by atoms with Crippen LogP contribution in [0.2, 0.25) is 0 Å². The van der Waals surface area contributed by atoms with Gasteiger partial charge >= 0.3 is 6.18 Å². The lowest BCUT2D eigenvalue weighted by Gasteiger charge is -2.33. The molecule has 4 rings (SSSR count). The summed E-state index contributed by atoms with van der Waals surface area (Å²) in [5.41, 5.74) is 4.37. The van der Waals surface area contributed by atoms with Crippen molar-refractivity contribution in [3.8, 4) is 0 Å². The molecule has 1 atom stereocenters. The number of ether oxygens (including phenoxy) is 1. The number of pyridine rings is 1. The van der Waals surface area contributed by atoms with Gasteiger partial charge < -0.3 is 15.4 Å². The van der Waals surface area contributed by atoms with Gasteiger partial charge in [-0.3, -0.25) is 9.52 Å². The third-order valence-corrected chi connectivity index (χ3v) is 9.69. The van der Waals surface area contributed by atoms with Crippen molar-refractivity contribution in [1.29, 1.82) is 0 Å². The van der Waals surface area contributed by atoms with E-state index >= 15 is 0 Å². The number of alkyl halides is 3. The van der Waals surface area contributed by atoms with Crippen LogP contribution in [0.15, 0.2) is 64.3 Å². The number of benzene rings is 1. The number of carbonyl (C=O) groups excluding carboxylic acids is 1. The molecule has 1 aliphatic carbocycles. The number of anilines is 1. The highest BCUT2D eigenvalue weighted by Gasteiger charge is 2.62. The molecule has 2 aliphatic rings. The molecule has 1 unspecified atom stereocenters. The van der Waals surface area contributed by atoms with Crippen molar-refractivity contribution in [3.05, 3.63) is 60.0 Å². The van der Waals surface area contributed by atoms with Crippen molar-refractivity contribution in [1.82, 2.24) is 9.71 Å². The zero-order valence-electron chi connectivity index (χ0n) is 23.6. The molecule has 1 aliphatic heterocycles. The van der Waals surface area contributed by atoms with Crippen LogP contribution in [0.4, 0.5) is 24.8 Å². The highest BCUT2D eigenvalue weighted by molar-refractivity contribution is 8.00. The van der Waals surface area contributed by atoms with E-state index in [4.69, 9.17) is 15.5 Å². The molecule has 222 valence electrons. The Morgan fingerprint density at radius 3 is 2.51 bits per heavy atom. The Bertz CT molecular complexity index is 1300. The summed E-state index contributed by atoms with van der Waals surface area (Å²) in [5.74, 6) is 0.593. The van der Waals surface area contributed by atoms with Gasteiger partial charge in [-0.15, -0.1) is 0 Å². The molecule has 1 saturated carbocycles. The minimum absolute atomic E-state index is 0.0172. The Balaban J connectivity index is 1.51. The number of aromatic nitrogens is 1. The Hall–Kier alpha value is -2.86. The first kappa shape index (κ1) is 31.1. The zero-order valence-corrected chi connectivity index (χ0v) is 25.3. The van der Waals surface area contributed by atoms with Crippen LogP contribution in [-0.2, 0) is 4.74 Å². The fourth-order valence-electron chi connectivity index (χ4n) is 5.08. The maximum Gasteiger partial charge on any atom is 0.394 e. The summed E-state index contributed by atoms with van der Waals surface area (Å²) in [6, 6.07) is 12.9. The van der Waals surface area contributed by atoms with Gasteiger partial charge in [0.25, 0.3) is 5.91 Å². The molecule has 0 radical (unpaired) electrons. The van der Waals surface area contributed by atoms with E-state index in [0.29, 0.717) is 23.7 Å². The molecule has 1 amide bonds. The van der Waals surface area contributed by atoms with Crippen molar-refractivity contribution in [2.45, 2.75) is 67.8 Å². The topological polar surface area (TPSA) is 92.8 Å². The van der Waals surface area contributed by atoms with E-state index in [1.54, 1.807) is 23.9 Å². The van der Waals surface area contributed by atoms with Crippen LogP contribution in [0.5, 0.6) is 0 Å². The van der Waals surface area contributed by atoms with Gasteiger partial charge in [0.1, 0.15) is 5.82 Å². The molecule has 12 heteroatoms. The van der Waals surface area contributed by atoms with Crippen LogP contribution >= 0.6 is 23.7 Å². The van der Waals surface area contributed by atoms with Crippen molar-refractivity contribution < 1.29 is 22.7 Å². The molecule has 0 spiro atoms. The number of nitrogens with one attached hydrogen (secondary N) is 1. The van der Waals surface area contributed by atoms with Gasteiger partial charge in [-0.25, -0.2) is 9.98 Å². The van der Waals surface area contributed by atoms with Gasteiger partial charge in [0.15, 0.2) is 11.7 Å². The minimum atomic E-state index is -4.22. The number of hydrogen-bond acceptors (Lipinski definition) is 8. The second kappa shape index (κ2) is 12.2. The van der Waals surface area contributed by atoms with Crippen LogP contribution < -0.4 is 15.4 Å². The largest absolute Gasteiger partial charge is 0.479 e. The number of aliphatic imine (C=N–C) groups is 1. The average molecular weight is 608 g/mol. The predicted octanol–water partition coefficient (Wildman–Crippen LogP) is 6.88. The molecule has 1 aromatic heterocycles. The molecule has 2 fully saturated rings. The van der Waals surface area contributed by atoms with Gasteiger partial charge in [0, 0.05) is 34.0 Å². The van der Waals surface area contributed by atoms with E-state index in [1.165, 1.54) is 24.2 Å². The van der Waals surface area contributed by atoms with Gasteiger partial charge in [-0.1, -0.05) is 18.2 Å². The first-order valence-electron chi connectivity index (χ1n) is 13.3. The van der Waals surface area contributed by atoms with Gasteiger partial charge in [-0.05, 0) is 88.9 Å². The molecule has 1 saturated heterocycles. The van der Waals surface area contributed by atoms with E-state index < -0.39 is 11.6 Å². The Morgan fingerprint density at radius 1 is 1.20 bits per heavy atom. The summed E-state index contributed by atoms with van der Waals surface area (Å²) in [6.45, 7) is 7.06. The number of carbonyl (C=O) groups is 1. The molecule has 1 aromatic carbocycles. The highest BCUT2D eigenvalue weighted by Crippen LogP contribution is 2.59. The zero-order chi connectivity index (χ0) is 29.9. The number of rotatable bonds is 11. The van der Waals surface area contributed by atoms with Gasteiger partial charge in [0.05, 0.1) is 17.6 Å². The summed E-state index contributed by atoms with van der Waals surface area (Å²) in [5, 5.41) is 0. The monoisotopic (exact) mass is 607 g/mol. The lowest BCUT2D eigenvalue weighted by molar-refractivity contribution is -0.191. The van der Waals surface area contributed by atoms with Crippen LogP contribution in [-0.4, -0.2) is 53.0 Å². The minimum Gasteiger partial charge on any atom is -0.479 e. The summed E-state index contributed by atoms with van der Waals surface area (Å²) in [4.78, 5) is 25.5. The van der Waals surface area contributed by atoms with Crippen LogP contribution in [0, 0.1) is 5.41 Å². The van der Waals surface area contributed by atoms with E-state index in [0.717, 1.165) is 11.3 Å². The predicted molar refractivity (Wildman–Crippen MR) is 161 cm³/mol. The second-order valence-corrected chi connectivity index (χ2v) is 13.6. The number of nitrogens with zero attached hydrogens (tertiary/aromatic N) is 3. The number of thioether (sulfide) groups is 1. The van der Waals surface area contributed by atoms with E-state index in [1.807, 2.05) is 30.3 Å². The van der Waals surface area contributed by atoms with Crippen molar-refractivity contribution in [2.75, 3.05) is 24.3 Å². The van der Waals surface area contributed by atoms with E-state index in [2.05, 4.69) is 41.6 Å². The molecule has 2 heterocycles. The molecule has 41 heavy (non-hydrogen) atoms. The first-order valence-corrected chi connectivity index (χ1v) is 15.4.